The van der Waals surface area contributed by atoms with Gasteiger partial charge in [0.2, 0.25) is 0 Å². The summed E-state index contributed by atoms with van der Waals surface area (Å²) in [5.41, 5.74) is 0.151. The number of nitrogens with one attached hydrogen (secondary N) is 1. The van der Waals surface area contributed by atoms with E-state index in [1.54, 1.807) is 0 Å². The molecule has 0 aromatic heterocycles. The molecule has 0 heterocycles. The fourth-order valence-electron chi connectivity index (χ4n) is 0.987. The first-order chi connectivity index (χ1) is 7.00. The highest BCUT2D eigenvalue weighted by Gasteiger charge is 2.11. The molecular formula is C10H10ClNO3. The van der Waals surface area contributed by atoms with Crippen molar-refractivity contribution < 1.29 is 14.7 Å². The minimum atomic E-state index is -0.480. The molecule has 2 N–H and O–H groups in total. The third-order valence-corrected chi connectivity index (χ3v) is 2.02. The molecule has 0 saturated heterocycles. The highest BCUT2D eigenvalue weighted by Crippen LogP contribution is 2.20. The van der Waals surface area contributed by atoms with E-state index in [2.05, 4.69) is 5.32 Å². The van der Waals surface area contributed by atoms with Crippen LogP contribution in [0.1, 0.15) is 17.3 Å². The van der Waals surface area contributed by atoms with Crippen LogP contribution >= 0.6 is 11.6 Å². The van der Waals surface area contributed by atoms with Crippen molar-refractivity contribution in [2.75, 3.05) is 6.54 Å². The van der Waals surface area contributed by atoms with Crippen LogP contribution in [0.25, 0.3) is 0 Å². The summed E-state index contributed by atoms with van der Waals surface area (Å²) in [5.74, 6) is -0.682. The van der Waals surface area contributed by atoms with E-state index in [1.165, 1.54) is 25.1 Å². The number of benzene rings is 1. The number of carbonyl (C=O) groups is 2. The first kappa shape index (κ1) is 11.5. The summed E-state index contributed by atoms with van der Waals surface area (Å²) in [4.78, 5) is 22.1. The molecular weight excluding hydrogens is 218 g/mol. The Labute approximate surface area is 91.9 Å². The van der Waals surface area contributed by atoms with E-state index in [4.69, 9.17) is 16.7 Å². The Hall–Kier alpha value is -1.55. The molecule has 0 aliphatic rings. The minimum Gasteiger partial charge on any atom is -0.508 e. The molecule has 0 aliphatic carbocycles. The van der Waals surface area contributed by atoms with E-state index < -0.39 is 5.91 Å². The van der Waals surface area contributed by atoms with Crippen LogP contribution in [-0.2, 0) is 4.79 Å². The number of carbonyl (C=O) groups excluding carboxylic acids is 2. The third-order valence-electron chi connectivity index (χ3n) is 1.69. The van der Waals surface area contributed by atoms with Gasteiger partial charge in [0.25, 0.3) is 5.91 Å². The van der Waals surface area contributed by atoms with E-state index in [-0.39, 0.29) is 28.7 Å². The lowest BCUT2D eigenvalue weighted by Crippen LogP contribution is -2.28. The average molecular weight is 228 g/mol. The van der Waals surface area contributed by atoms with Gasteiger partial charge in [0.1, 0.15) is 11.5 Å². The predicted molar refractivity (Wildman–Crippen MR) is 56.1 cm³/mol. The first-order valence-electron chi connectivity index (χ1n) is 4.27. The molecule has 0 atom stereocenters. The van der Waals surface area contributed by atoms with Gasteiger partial charge in [0.05, 0.1) is 17.1 Å². The molecule has 1 rings (SSSR count). The maximum Gasteiger partial charge on any atom is 0.253 e. The van der Waals surface area contributed by atoms with Crippen molar-refractivity contribution in [3.63, 3.8) is 0 Å². The van der Waals surface area contributed by atoms with Gasteiger partial charge in [-0.3, -0.25) is 9.59 Å². The maximum atomic E-state index is 11.5. The molecule has 80 valence electrons. The van der Waals surface area contributed by atoms with Crippen LogP contribution in [0.3, 0.4) is 0 Å². The van der Waals surface area contributed by atoms with Crippen LogP contribution < -0.4 is 5.32 Å². The summed E-state index contributed by atoms with van der Waals surface area (Å²) in [5, 5.41) is 11.8. The largest absolute Gasteiger partial charge is 0.508 e. The van der Waals surface area contributed by atoms with Gasteiger partial charge in [0, 0.05) is 0 Å². The number of rotatable bonds is 3. The molecule has 1 aromatic carbocycles. The molecule has 15 heavy (non-hydrogen) atoms. The Kier molecular flexibility index (Phi) is 3.68. The van der Waals surface area contributed by atoms with Gasteiger partial charge in [-0.1, -0.05) is 11.6 Å². The zero-order valence-electron chi connectivity index (χ0n) is 8.08. The van der Waals surface area contributed by atoms with Crippen molar-refractivity contribution in [1.29, 1.82) is 0 Å². The fraction of sp³-hybridized carbons (Fsp3) is 0.200. The van der Waals surface area contributed by atoms with Gasteiger partial charge in [-0.25, -0.2) is 0 Å². The summed E-state index contributed by atoms with van der Waals surface area (Å²) >= 11 is 5.75. The zero-order valence-corrected chi connectivity index (χ0v) is 8.84. The highest BCUT2D eigenvalue weighted by atomic mass is 35.5. The van der Waals surface area contributed by atoms with Crippen molar-refractivity contribution in [3.05, 3.63) is 28.8 Å². The standard InChI is InChI=1S/C10H10ClNO3/c1-6(13)5-12-10(15)8-4-7(14)2-3-9(8)11/h2-4,14H,5H2,1H3,(H,12,15). The molecule has 5 heteroatoms. The predicted octanol–water partition coefficient (Wildman–Crippen LogP) is 1.36. The van der Waals surface area contributed by atoms with Crippen LogP contribution in [0.4, 0.5) is 0 Å². The number of Topliss-reactive ketones (excluding diaryl/α,β-unsaturated/α-hetero) is 1. The molecule has 1 aromatic rings. The van der Waals surface area contributed by atoms with Crippen molar-refractivity contribution >= 4 is 23.3 Å². The van der Waals surface area contributed by atoms with Gasteiger partial charge < -0.3 is 10.4 Å². The quantitative estimate of drug-likeness (QED) is 0.820. The van der Waals surface area contributed by atoms with Gasteiger partial charge in [-0.2, -0.15) is 0 Å². The van der Waals surface area contributed by atoms with Gasteiger partial charge in [-0.15, -0.1) is 0 Å². The Bertz CT molecular complexity index is 404. The van der Waals surface area contributed by atoms with E-state index >= 15 is 0 Å². The van der Waals surface area contributed by atoms with Crippen LogP contribution in [0, 0.1) is 0 Å². The topological polar surface area (TPSA) is 66.4 Å². The number of amides is 1. The second kappa shape index (κ2) is 4.79. The maximum absolute atomic E-state index is 11.5. The fourth-order valence-corrected chi connectivity index (χ4v) is 1.19. The lowest BCUT2D eigenvalue weighted by Gasteiger charge is -2.05. The SMILES string of the molecule is CC(=O)CNC(=O)c1cc(O)ccc1Cl. The van der Waals surface area contributed by atoms with E-state index in [9.17, 15) is 9.59 Å². The number of ketones is 1. The summed E-state index contributed by atoms with van der Waals surface area (Å²) in [6.45, 7) is 1.31. The lowest BCUT2D eigenvalue weighted by molar-refractivity contribution is -0.116. The number of halogens is 1. The van der Waals surface area contributed by atoms with Crippen molar-refractivity contribution in [2.45, 2.75) is 6.92 Å². The summed E-state index contributed by atoms with van der Waals surface area (Å²) in [6.07, 6.45) is 0. The first-order valence-corrected chi connectivity index (χ1v) is 4.64. The van der Waals surface area contributed by atoms with E-state index in [0.29, 0.717) is 0 Å². The highest BCUT2D eigenvalue weighted by molar-refractivity contribution is 6.33. The van der Waals surface area contributed by atoms with Crippen molar-refractivity contribution in [1.82, 2.24) is 5.32 Å². The normalized spacial score (nSPS) is 9.73. The molecule has 0 spiro atoms. The Balaban J connectivity index is 2.81. The number of phenols is 1. The molecule has 0 unspecified atom stereocenters. The van der Waals surface area contributed by atoms with Gasteiger partial charge in [-0.05, 0) is 25.1 Å². The molecule has 4 nitrogen and oxygen atoms in total. The second-order valence-electron chi connectivity index (χ2n) is 3.05. The van der Waals surface area contributed by atoms with E-state index in [1.807, 2.05) is 0 Å². The molecule has 0 fully saturated rings. The second-order valence-corrected chi connectivity index (χ2v) is 3.46. The lowest BCUT2D eigenvalue weighted by atomic mass is 10.2. The number of hydrogen-bond donors (Lipinski definition) is 2. The van der Waals surface area contributed by atoms with Gasteiger partial charge >= 0.3 is 0 Å². The minimum absolute atomic E-state index is 0.0487. The Morgan fingerprint density at radius 1 is 1.47 bits per heavy atom. The van der Waals surface area contributed by atoms with Crippen LogP contribution in [-0.4, -0.2) is 23.3 Å². The monoisotopic (exact) mass is 227 g/mol. The molecule has 0 saturated carbocycles. The molecule has 0 radical (unpaired) electrons. The third kappa shape index (κ3) is 3.25. The van der Waals surface area contributed by atoms with Crippen molar-refractivity contribution in [3.8, 4) is 5.75 Å². The van der Waals surface area contributed by atoms with Crippen LogP contribution in [0.2, 0.25) is 5.02 Å². The van der Waals surface area contributed by atoms with E-state index in [0.717, 1.165) is 0 Å². The Morgan fingerprint density at radius 3 is 2.73 bits per heavy atom. The number of aromatic hydroxyl groups is 1. The molecule has 0 bridgehead atoms. The number of phenolic OH excluding ortho intramolecular Hbond substituents is 1. The summed E-state index contributed by atoms with van der Waals surface area (Å²) < 4.78 is 0. The summed E-state index contributed by atoms with van der Waals surface area (Å²) in [7, 11) is 0. The smallest absolute Gasteiger partial charge is 0.253 e. The summed E-state index contributed by atoms with van der Waals surface area (Å²) in [6, 6.07) is 4.04. The zero-order chi connectivity index (χ0) is 11.4. The van der Waals surface area contributed by atoms with Crippen molar-refractivity contribution in [2.24, 2.45) is 0 Å². The molecule has 0 aliphatic heterocycles. The Morgan fingerprint density at radius 2 is 2.13 bits per heavy atom. The van der Waals surface area contributed by atoms with Crippen LogP contribution in [0.5, 0.6) is 5.75 Å². The molecule has 1 amide bonds. The van der Waals surface area contributed by atoms with Crippen LogP contribution in [0.15, 0.2) is 18.2 Å². The number of hydrogen-bond acceptors (Lipinski definition) is 3. The average Bonchev–Trinajstić information content (AvgIpc) is 2.18. The van der Waals surface area contributed by atoms with Gasteiger partial charge in [0.15, 0.2) is 0 Å².